The molecule has 4 rings (SSSR count). The molecule has 32 heavy (non-hydrogen) atoms. The Morgan fingerprint density at radius 1 is 0.938 bits per heavy atom. The SMILES string of the molecule is O=C(CCCn1nnc(-c2ccccc2)n1)N1CCN(C(=O)c2ccc(Cl)cc2Cl)CC1. The van der Waals surface area contributed by atoms with Crippen molar-refractivity contribution >= 4 is 35.0 Å². The van der Waals surface area contributed by atoms with Gasteiger partial charge in [0.05, 0.1) is 17.1 Å². The zero-order chi connectivity index (χ0) is 22.5. The number of halogens is 2. The van der Waals surface area contributed by atoms with Gasteiger partial charge in [-0.05, 0) is 29.8 Å². The van der Waals surface area contributed by atoms with E-state index < -0.39 is 0 Å². The number of piperazine rings is 1. The maximum absolute atomic E-state index is 12.7. The van der Waals surface area contributed by atoms with Crippen LogP contribution in [0.3, 0.4) is 0 Å². The normalized spacial score (nSPS) is 13.9. The Balaban J connectivity index is 1.23. The van der Waals surface area contributed by atoms with Gasteiger partial charge in [0.1, 0.15) is 0 Å². The molecule has 8 nitrogen and oxygen atoms in total. The number of rotatable bonds is 6. The van der Waals surface area contributed by atoms with Crippen molar-refractivity contribution in [2.75, 3.05) is 26.2 Å². The van der Waals surface area contributed by atoms with Crippen molar-refractivity contribution in [3.05, 3.63) is 64.1 Å². The van der Waals surface area contributed by atoms with Crippen LogP contribution < -0.4 is 0 Å². The summed E-state index contributed by atoms with van der Waals surface area (Å²) in [6.07, 6.45) is 1.00. The lowest BCUT2D eigenvalue weighted by atomic mass is 10.1. The van der Waals surface area contributed by atoms with Gasteiger partial charge in [0.25, 0.3) is 5.91 Å². The molecule has 2 amide bonds. The zero-order valence-corrected chi connectivity index (χ0v) is 18.8. The summed E-state index contributed by atoms with van der Waals surface area (Å²) in [7, 11) is 0. The van der Waals surface area contributed by atoms with Crippen LogP contribution in [0.2, 0.25) is 10.0 Å². The van der Waals surface area contributed by atoms with Crippen LogP contribution in [0.1, 0.15) is 23.2 Å². The number of tetrazole rings is 1. The van der Waals surface area contributed by atoms with Gasteiger partial charge in [-0.2, -0.15) is 4.80 Å². The van der Waals surface area contributed by atoms with E-state index >= 15 is 0 Å². The van der Waals surface area contributed by atoms with Gasteiger partial charge in [0.2, 0.25) is 11.7 Å². The second kappa shape index (κ2) is 10.1. The summed E-state index contributed by atoms with van der Waals surface area (Å²) >= 11 is 12.1. The second-order valence-corrected chi connectivity index (χ2v) is 8.32. The van der Waals surface area contributed by atoms with Gasteiger partial charge in [-0.3, -0.25) is 9.59 Å². The summed E-state index contributed by atoms with van der Waals surface area (Å²) in [5.74, 6) is 0.480. The Kier molecular flexibility index (Phi) is 7.02. The van der Waals surface area contributed by atoms with Crippen molar-refractivity contribution in [3.8, 4) is 11.4 Å². The molecule has 1 aliphatic rings. The van der Waals surface area contributed by atoms with E-state index in [0.29, 0.717) is 67.0 Å². The first-order chi connectivity index (χ1) is 15.5. The van der Waals surface area contributed by atoms with E-state index in [1.807, 2.05) is 30.3 Å². The maximum Gasteiger partial charge on any atom is 0.255 e. The topological polar surface area (TPSA) is 84.2 Å². The molecule has 1 fully saturated rings. The third-order valence-electron chi connectivity index (χ3n) is 5.31. The summed E-state index contributed by atoms with van der Waals surface area (Å²) in [4.78, 5) is 30.3. The lowest BCUT2D eigenvalue weighted by Gasteiger charge is -2.35. The molecular weight excluding hydrogens is 451 g/mol. The number of carbonyl (C=O) groups excluding carboxylic acids is 2. The summed E-state index contributed by atoms with van der Waals surface area (Å²) in [5.41, 5.74) is 1.33. The Labute approximate surface area is 195 Å². The highest BCUT2D eigenvalue weighted by Gasteiger charge is 2.25. The number of aromatic nitrogens is 4. The molecule has 0 aliphatic carbocycles. The van der Waals surface area contributed by atoms with Crippen LogP contribution in [0, 0.1) is 0 Å². The van der Waals surface area contributed by atoms with E-state index in [0.717, 1.165) is 5.56 Å². The van der Waals surface area contributed by atoms with E-state index in [-0.39, 0.29) is 11.8 Å². The van der Waals surface area contributed by atoms with Gasteiger partial charge < -0.3 is 9.80 Å². The van der Waals surface area contributed by atoms with Crippen molar-refractivity contribution in [2.45, 2.75) is 19.4 Å². The predicted octanol–water partition coefficient (Wildman–Crippen LogP) is 3.41. The molecule has 1 saturated heterocycles. The minimum atomic E-state index is -0.148. The van der Waals surface area contributed by atoms with E-state index in [1.165, 1.54) is 4.80 Å². The fourth-order valence-corrected chi connectivity index (χ4v) is 4.05. The fraction of sp³-hybridized carbons (Fsp3) is 0.318. The monoisotopic (exact) mass is 472 g/mol. The van der Waals surface area contributed by atoms with E-state index in [1.54, 1.807) is 28.0 Å². The van der Waals surface area contributed by atoms with E-state index in [2.05, 4.69) is 15.4 Å². The summed E-state index contributed by atoms with van der Waals surface area (Å²) in [6.45, 7) is 2.44. The predicted molar refractivity (Wildman–Crippen MR) is 121 cm³/mol. The van der Waals surface area contributed by atoms with Gasteiger partial charge >= 0.3 is 0 Å². The number of hydrogen-bond donors (Lipinski definition) is 0. The van der Waals surface area contributed by atoms with E-state index in [9.17, 15) is 9.59 Å². The second-order valence-electron chi connectivity index (χ2n) is 7.48. The number of benzene rings is 2. The average Bonchev–Trinajstić information content (AvgIpc) is 3.28. The summed E-state index contributed by atoms with van der Waals surface area (Å²) in [5, 5.41) is 13.3. The first-order valence-electron chi connectivity index (χ1n) is 10.4. The maximum atomic E-state index is 12.7. The highest BCUT2D eigenvalue weighted by molar-refractivity contribution is 6.36. The molecule has 10 heteroatoms. The highest BCUT2D eigenvalue weighted by Crippen LogP contribution is 2.23. The molecule has 3 aromatic rings. The van der Waals surface area contributed by atoms with Crippen LogP contribution in [0.15, 0.2) is 48.5 Å². The lowest BCUT2D eigenvalue weighted by molar-refractivity contribution is -0.132. The molecule has 0 radical (unpaired) electrons. The Hall–Kier alpha value is -2.97. The number of nitrogens with zero attached hydrogens (tertiary/aromatic N) is 6. The third-order valence-corrected chi connectivity index (χ3v) is 5.86. The van der Waals surface area contributed by atoms with E-state index in [4.69, 9.17) is 23.2 Å². The largest absolute Gasteiger partial charge is 0.339 e. The lowest BCUT2D eigenvalue weighted by Crippen LogP contribution is -2.50. The Morgan fingerprint density at radius 2 is 1.66 bits per heavy atom. The van der Waals surface area contributed by atoms with Gasteiger partial charge in [-0.1, -0.05) is 53.5 Å². The van der Waals surface area contributed by atoms with Crippen molar-refractivity contribution in [3.63, 3.8) is 0 Å². The quantitative estimate of drug-likeness (QED) is 0.548. The molecule has 166 valence electrons. The summed E-state index contributed by atoms with van der Waals surface area (Å²) in [6, 6.07) is 14.5. The van der Waals surface area contributed by atoms with Crippen LogP contribution in [-0.4, -0.2) is 68.0 Å². The molecule has 0 spiro atoms. The minimum absolute atomic E-state index is 0.0602. The third kappa shape index (κ3) is 5.26. The molecule has 1 aliphatic heterocycles. The van der Waals surface area contributed by atoms with Gasteiger partial charge in [0.15, 0.2) is 0 Å². The molecule has 0 atom stereocenters. The van der Waals surface area contributed by atoms with Crippen LogP contribution >= 0.6 is 23.2 Å². The molecule has 0 unspecified atom stereocenters. The van der Waals surface area contributed by atoms with Crippen molar-refractivity contribution < 1.29 is 9.59 Å². The van der Waals surface area contributed by atoms with Gasteiger partial charge in [0, 0.05) is 43.2 Å². The average molecular weight is 473 g/mol. The molecule has 2 aromatic carbocycles. The standard InChI is InChI=1S/C22H22Cl2N6O2/c23-17-8-9-18(19(24)15-17)22(32)29-13-11-28(12-14-29)20(31)7-4-10-30-26-21(25-27-30)16-5-2-1-3-6-16/h1-3,5-6,8-9,15H,4,7,10-14H2. The smallest absolute Gasteiger partial charge is 0.255 e. The molecule has 1 aromatic heterocycles. The molecule has 0 N–H and O–H groups in total. The fourth-order valence-electron chi connectivity index (χ4n) is 3.56. The molecular formula is C22H22Cl2N6O2. The molecule has 0 bridgehead atoms. The Morgan fingerprint density at radius 3 is 2.38 bits per heavy atom. The Bertz CT molecular complexity index is 1100. The number of amides is 2. The van der Waals surface area contributed by atoms with Gasteiger partial charge in [-0.25, -0.2) is 0 Å². The first-order valence-corrected chi connectivity index (χ1v) is 11.1. The van der Waals surface area contributed by atoms with Crippen LogP contribution in [0.4, 0.5) is 0 Å². The van der Waals surface area contributed by atoms with Crippen molar-refractivity contribution in [1.29, 1.82) is 0 Å². The highest BCUT2D eigenvalue weighted by atomic mass is 35.5. The summed E-state index contributed by atoms with van der Waals surface area (Å²) < 4.78 is 0. The molecule has 2 heterocycles. The van der Waals surface area contributed by atoms with Crippen LogP contribution in [0.25, 0.3) is 11.4 Å². The minimum Gasteiger partial charge on any atom is -0.339 e. The zero-order valence-electron chi connectivity index (χ0n) is 17.3. The number of hydrogen-bond acceptors (Lipinski definition) is 5. The van der Waals surface area contributed by atoms with Crippen LogP contribution in [0.5, 0.6) is 0 Å². The van der Waals surface area contributed by atoms with Crippen LogP contribution in [-0.2, 0) is 11.3 Å². The van der Waals surface area contributed by atoms with Gasteiger partial charge in [-0.15, -0.1) is 10.2 Å². The molecule has 0 saturated carbocycles. The number of aryl methyl sites for hydroxylation is 1. The number of carbonyl (C=O) groups is 2. The van der Waals surface area contributed by atoms with Crippen molar-refractivity contribution in [1.82, 2.24) is 30.0 Å². The first kappa shape index (κ1) is 22.2. The van der Waals surface area contributed by atoms with Crippen molar-refractivity contribution in [2.24, 2.45) is 0 Å².